The lowest BCUT2D eigenvalue weighted by molar-refractivity contribution is -0.136. The second-order valence-corrected chi connectivity index (χ2v) is 8.35. The summed E-state index contributed by atoms with van der Waals surface area (Å²) in [6.45, 7) is 2.43. The zero-order valence-corrected chi connectivity index (χ0v) is 17.1. The summed E-state index contributed by atoms with van der Waals surface area (Å²) in [4.78, 5) is 20.9. The standard InChI is InChI=1S/C22H28ClN3O2/c1-25(14-19-6-3-9-24-13-19)15-21(28)26-10-4-8-22(16-26,17-27)12-18-5-2-7-20(23)11-18/h2-3,5-7,9,11,13,27H,4,8,10,12,14-17H2,1H3/t22-/m1/s1. The van der Waals surface area contributed by atoms with E-state index in [1.54, 1.807) is 6.20 Å². The Bertz CT molecular complexity index is 786. The molecule has 1 aromatic carbocycles. The number of aliphatic hydroxyl groups excluding tert-OH is 1. The van der Waals surface area contributed by atoms with Crippen molar-refractivity contribution in [1.82, 2.24) is 14.8 Å². The molecule has 150 valence electrons. The van der Waals surface area contributed by atoms with Gasteiger partial charge in [0.05, 0.1) is 13.2 Å². The molecule has 1 aliphatic heterocycles. The van der Waals surface area contributed by atoms with Crippen LogP contribution in [0.4, 0.5) is 0 Å². The Morgan fingerprint density at radius 2 is 2.14 bits per heavy atom. The summed E-state index contributed by atoms with van der Waals surface area (Å²) in [6, 6.07) is 11.7. The Morgan fingerprint density at radius 1 is 1.32 bits per heavy atom. The SMILES string of the molecule is CN(CC(=O)N1CCC[C@@](CO)(Cc2cccc(Cl)c2)C1)Cc1cccnc1. The molecule has 28 heavy (non-hydrogen) atoms. The van der Waals surface area contributed by atoms with Crippen molar-refractivity contribution < 1.29 is 9.90 Å². The van der Waals surface area contributed by atoms with Crippen molar-refractivity contribution in [3.63, 3.8) is 0 Å². The average molecular weight is 402 g/mol. The lowest BCUT2D eigenvalue weighted by atomic mass is 9.75. The molecule has 0 aliphatic carbocycles. The van der Waals surface area contributed by atoms with E-state index in [4.69, 9.17) is 11.6 Å². The molecule has 0 unspecified atom stereocenters. The van der Waals surface area contributed by atoms with Gasteiger partial charge in [0, 0.05) is 42.5 Å². The number of likely N-dealkylation sites (tertiary alicyclic amines) is 1. The van der Waals surface area contributed by atoms with E-state index in [0.717, 1.165) is 36.9 Å². The number of hydrogen-bond donors (Lipinski definition) is 1. The normalized spacial score (nSPS) is 19.8. The number of aromatic nitrogens is 1. The molecule has 1 N–H and O–H groups in total. The van der Waals surface area contributed by atoms with Crippen molar-refractivity contribution in [2.45, 2.75) is 25.8 Å². The molecule has 0 saturated carbocycles. The number of rotatable bonds is 7. The maximum Gasteiger partial charge on any atom is 0.236 e. The Hall–Kier alpha value is -1.95. The average Bonchev–Trinajstić information content (AvgIpc) is 2.69. The first-order valence-electron chi connectivity index (χ1n) is 9.70. The van der Waals surface area contributed by atoms with Crippen LogP contribution in [0.3, 0.4) is 0 Å². The maximum absolute atomic E-state index is 12.9. The number of aliphatic hydroxyl groups is 1. The van der Waals surface area contributed by atoms with Gasteiger partial charge >= 0.3 is 0 Å². The Labute approximate surface area is 171 Å². The lowest BCUT2D eigenvalue weighted by Crippen LogP contribution is -2.51. The van der Waals surface area contributed by atoms with E-state index in [1.807, 2.05) is 59.4 Å². The smallest absolute Gasteiger partial charge is 0.236 e. The first kappa shape index (κ1) is 20.8. The maximum atomic E-state index is 12.9. The fraction of sp³-hybridized carbons (Fsp3) is 0.455. The summed E-state index contributed by atoms with van der Waals surface area (Å²) in [5, 5.41) is 10.9. The van der Waals surface area contributed by atoms with Crippen LogP contribution in [-0.4, -0.2) is 59.1 Å². The van der Waals surface area contributed by atoms with Crippen molar-refractivity contribution in [1.29, 1.82) is 0 Å². The van der Waals surface area contributed by atoms with Gasteiger partial charge < -0.3 is 10.0 Å². The summed E-state index contributed by atoms with van der Waals surface area (Å²) < 4.78 is 0. The molecular weight excluding hydrogens is 374 g/mol. The topological polar surface area (TPSA) is 56.7 Å². The molecule has 5 nitrogen and oxygen atoms in total. The Balaban J connectivity index is 1.61. The van der Waals surface area contributed by atoms with E-state index < -0.39 is 0 Å². The van der Waals surface area contributed by atoms with Crippen LogP contribution in [0.15, 0.2) is 48.8 Å². The summed E-state index contributed by atoms with van der Waals surface area (Å²) in [6.07, 6.45) is 6.10. The number of hydrogen-bond acceptors (Lipinski definition) is 4. The van der Waals surface area contributed by atoms with E-state index in [1.165, 1.54) is 0 Å². The molecule has 0 bridgehead atoms. The van der Waals surface area contributed by atoms with Crippen molar-refractivity contribution in [2.24, 2.45) is 5.41 Å². The second kappa shape index (κ2) is 9.50. The summed E-state index contributed by atoms with van der Waals surface area (Å²) in [5.41, 5.74) is 1.88. The van der Waals surface area contributed by atoms with Gasteiger partial charge in [0.1, 0.15) is 0 Å². The molecule has 1 aliphatic rings. The van der Waals surface area contributed by atoms with Gasteiger partial charge in [-0.05, 0) is 55.6 Å². The number of pyridine rings is 1. The molecule has 1 fully saturated rings. The van der Waals surface area contributed by atoms with Gasteiger partial charge in [-0.15, -0.1) is 0 Å². The van der Waals surface area contributed by atoms with Crippen molar-refractivity contribution in [3.05, 3.63) is 64.9 Å². The third-order valence-corrected chi connectivity index (χ3v) is 5.63. The van der Waals surface area contributed by atoms with Crippen LogP contribution in [0.2, 0.25) is 5.02 Å². The minimum absolute atomic E-state index is 0.0643. The van der Waals surface area contributed by atoms with Crippen LogP contribution in [0.1, 0.15) is 24.0 Å². The first-order chi connectivity index (χ1) is 13.5. The van der Waals surface area contributed by atoms with Crippen LogP contribution in [0.5, 0.6) is 0 Å². The molecule has 3 rings (SSSR count). The monoisotopic (exact) mass is 401 g/mol. The Morgan fingerprint density at radius 3 is 2.86 bits per heavy atom. The zero-order valence-electron chi connectivity index (χ0n) is 16.4. The number of carbonyl (C=O) groups is 1. The van der Waals surface area contributed by atoms with Crippen LogP contribution in [-0.2, 0) is 17.8 Å². The minimum atomic E-state index is -0.305. The van der Waals surface area contributed by atoms with E-state index in [9.17, 15) is 9.90 Å². The highest BCUT2D eigenvalue weighted by molar-refractivity contribution is 6.30. The number of halogens is 1. The summed E-state index contributed by atoms with van der Waals surface area (Å²) in [5.74, 6) is 0.106. The number of amides is 1. The largest absolute Gasteiger partial charge is 0.396 e. The molecule has 0 radical (unpaired) electrons. The number of benzene rings is 1. The quantitative estimate of drug-likeness (QED) is 0.774. The minimum Gasteiger partial charge on any atom is -0.396 e. The third kappa shape index (κ3) is 5.53. The van der Waals surface area contributed by atoms with Gasteiger partial charge in [-0.2, -0.15) is 0 Å². The van der Waals surface area contributed by atoms with Crippen molar-refractivity contribution in [3.8, 4) is 0 Å². The fourth-order valence-electron chi connectivity index (χ4n) is 4.02. The van der Waals surface area contributed by atoms with Gasteiger partial charge in [-0.3, -0.25) is 14.7 Å². The van der Waals surface area contributed by atoms with E-state index in [-0.39, 0.29) is 17.9 Å². The molecule has 2 heterocycles. The first-order valence-corrected chi connectivity index (χ1v) is 10.1. The second-order valence-electron chi connectivity index (χ2n) is 7.92. The van der Waals surface area contributed by atoms with Crippen molar-refractivity contribution >= 4 is 17.5 Å². The molecular formula is C22H28ClN3O2. The van der Waals surface area contributed by atoms with E-state index in [0.29, 0.717) is 24.7 Å². The highest BCUT2D eigenvalue weighted by Crippen LogP contribution is 2.34. The third-order valence-electron chi connectivity index (χ3n) is 5.40. The van der Waals surface area contributed by atoms with Crippen LogP contribution in [0, 0.1) is 5.41 Å². The van der Waals surface area contributed by atoms with Crippen molar-refractivity contribution in [2.75, 3.05) is 33.3 Å². The van der Waals surface area contributed by atoms with Gasteiger partial charge in [0.2, 0.25) is 5.91 Å². The zero-order chi connectivity index (χ0) is 20.0. The van der Waals surface area contributed by atoms with Gasteiger partial charge in [0.15, 0.2) is 0 Å². The van der Waals surface area contributed by atoms with Crippen LogP contribution >= 0.6 is 11.6 Å². The van der Waals surface area contributed by atoms with E-state index in [2.05, 4.69) is 4.98 Å². The highest BCUT2D eigenvalue weighted by Gasteiger charge is 2.37. The predicted octanol–water partition coefficient (Wildman–Crippen LogP) is 3.01. The molecule has 1 amide bonds. The number of likely N-dealkylation sites (N-methyl/N-ethyl adjacent to an activating group) is 1. The number of nitrogens with zero attached hydrogens (tertiary/aromatic N) is 3. The van der Waals surface area contributed by atoms with Crippen LogP contribution in [0.25, 0.3) is 0 Å². The summed E-state index contributed by atoms with van der Waals surface area (Å²) >= 11 is 6.12. The molecule has 1 saturated heterocycles. The predicted molar refractivity (Wildman–Crippen MR) is 111 cm³/mol. The molecule has 1 atom stereocenters. The van der Waals surface area contributed by atoms with Crippen LogP contribution < -0.4 is 0 Å². The Kier molecular flexibility index (Phi) is 7.05. The number of piperidine rings is 1. The highest BCUT2D eigenvalue weighted by atomic mass is 35.5. The molecule has 6 heteroatoms. The van der Waals surface area contributed by atoms with Gasteiger partial charge in [-0.1, -0.05) is 29.8 Å². The van der Waals surface area contributed by atoms with Gasteiger partial charge in [0.25, 0.3) is 0 Å². The molecule has 0 spiro atoms. The van der Waals surface area contributed by atoms with Gasteiger partial charge in [-0.25, -0.2) is 0 Å². The molecule has 1 aromatic heterocycles. The molecule has 2 aromatic rings. The fourth-order valence-corrected chi connectivity index (χ4v) is 4.23. The lowest BCUT2D eigenvalue weighted by Gasteiger charge is -2.42. The number of carbonyl (C=O) groups excluding carboxylic acids is 1. The summed E-state index contributed by atoms with van der Waals surface area (Å²) in [7, 11) is 1.94. The van der Waals surface area contributed by atoms with E-state index >= 15 is 0 Å².